The third-order valence-electron chi connectivity index (χ3n) is 6.29. The van der Waals surface area contributed by atoms with E-state index >= 15 is 8.78 Å². The number of halogens is 4. The molecule has 1 aliphatic heterocycles. The van der Waals surface area contributed by atoms with Gasteiger partial charge in [0.15, 0.2) is 6.23 Å². The maximum absolute atomic E-state index is 15.5. The number of carbonyl (C=O) groups is 1. The van der Waals surface area contributed by atoms with Crippen molar-refractivity contribution in [1.82, 2.24) is 10.6 Å². The van der Waals surface area contributed by atoms with E-state index in [1.54, 1.807) is 0 Å². The molecule has 1 fully saturated rings. The van der Waals surface area contributed by atoms with Gasteiger partial charge in [-0.15, -0.1) is 0 Å². The van der Waals surface area contributed by atoms with Crippen molar-refractivity contribution in [2.24, 2.45) is 11.1 Å². The number of nitriles is 1. The van der Waals surface area contributed by atoms with Gasteiger partial charge in [0.1, 0.15) is 17.0 Å². The standard InChI is InChI=1S/C26H30Cl2F2N4O2/c1-25(2,3)13-20-26(14-32,17-9-8-15(27)12-19(17)29)21(16-6-4-7-18(28)22(16)30)23(34-20)36-24(35)33-11-5-10-31/h4,6-9,12,20-21,23,34H,5,10-11,13,31H2,1-3H3,(H,33,35)/t20-,21-,23+,26-/m0/s1. The fourth-order valence-electron chi connectivity index (χ4n) is 4.82. The first-order valence-electron chi connectivity index (χ1n) is 11.7. The fourth-order valence-corrected chi connectivity index (χ4v) is 5.16. The smallest absolute Gasteiger partial charge is 0.408 e. The molecule has 2 aromatic carbocycles. The van der Waals surface area contributed by atoms with Gasteiger partial charge in [0.05, 0.1) is 17.0 Å². The molecular formula is C26H30Cl2F2N4O2. The molecule has 0 saturated carbocycles. The van der Waals surface area contributed by atoms with Crippen LogP contribution in [0.1, 0.15) is 50.7 Å². The molecule has 0 radical (unpaired) electrons. The van der Waals surface area contributed by atoms with E-state index in [2.05, 4.69) is 16.7 Å². The molecule has 1 heterocycles. The van der Waals surface area contributed by atoms with E-state index < -0.39 is 41.3 Å². The summed E-state index contributed by atoms with van der Waals surface area (Å²) in [6, 6.07) is 9.98. The topological polar surface area (TPSA) is 100 Å². The summed E-state index contributed by atoms with van der Waals surface area (Å²) in [6.45, 7) is 6.56. The van der Waals surface area contributed by atoms with Crippen LogP contribution in [0.3, 0.4) is 0 Å². The number of rotatable bonds is 7. The predicted molar refractivity (Wildman–Crippen MR) is 136 cm³/mol. The van der Waals surface area contributed by atoms with Gasteiger partial charge in [0.2, 0.25) is 0 Å². The second-order valence-corrected chi connectivity index (χ2v) is 10.9. The van der Waals surface area contributed by atoms with Crippen molar-refractivity contribution in [2.75, 3.05) is 13.1 Å². The number of hydrogen-bond acceptors (Lipinski definition) is 5. The second kappa shape index (κ2) is 11.3. The van der Waals surface area contributed by atoms with Crippen LogP contribution in [-0.2, 0) is 10.2 Å². The molecule has 0 aromatic heterocycles. The first kappa shape index (κ1) is 28.1. The van der Waals surface area contributed by atoms with E-state index in [1.807, 2.05) is 20.8 Å². The van der Waals surface area contributed by atoms with Gasteiger partial charge < -0.3 is 15.8 Å². The van der Waals surface area contributed by atoms with Gasteiger partial charge in [-0.05, 0) is 48.6 Å². The molecule has 0 unspecified atom stereocenters. The zero-order chi connectivity index (χ0) is 26.7. The van der Waals surface area contributed by atoms with Crippen LogP contribution < -0.4 is 16.4 Å². The van der Waals surface area contributed by atoms with Crippen LogP contribution in [0.15, 0.2) is 36.4 Å². The highest BCUT2D eigenvalue weighted by Crippen LogP contribution is 2.52. The Morgan fingerprint density at radius 3 is 2.61 bits per heavy atom. The zero-order valence-corrected chi connectivity index (χ0v) is 21.9. The lowest BCUT2D eigenvalue weighted by Gasteiger charge is -2.37. The Labute approximate surface area is 220 Å². The zero-order valence-electron chi connectivity index (χ0n) is 20.4. The Morgan fingerprint density at radius 1 is 1.28 bits per heavy atom. The molecule has 0 bridgehead atoms. The maximum atomic E-state index is 15.5. The van der Waals surface area contributed by atoms with Crippen molar-refractivity contribution < 1.29 is 18.3 Å². The van der Waals surface area contributed by atoms with E-state index in [-0.39, 0.29) is 33.1 Å². The lowest BCUT2D eigenvalue weighted by molar-refractivity contribution is 0.0738. The Balaban J connectivity index is 2.24. The molecule has 0 aliphatic carbocycles. The maximum Gasteiger partial charge on any atom is 0.408 e. The van der Waals surface area contributed by atoms with Gasteiger partial charge in [-0.1, -0.05) is 62.2 Å². The number of nitrogens with two attached hydrogens (primary N) is 1. The van der Waals surface area contributed by atoms with E-state index in [4.69, 9.17) is 33.7 Å². The van der Waals surface area contributed by atoms with Crippen molar-refractivity contribution in [2.45, 2.75) is 57.2 Å². The third-order valence-corrected chi connectivity index (χ3v) is 6.81. The minimum Gasteiger partial charge on any atom is -0.430 e. The number of carbonyl (C=O) groups excluding carboxylic acids is 1. The average molecular weight is 539 g/mol. The normalized spacial score (nSPS) is 23.8. The number of hydrogen-bond donors (Lipinski definition) is 3. The Morgan fingerprint density at radius 2 is 2.00 bits per heavy atom. The van der Waals surface area contributed by atoms with E-state index in [0.29, 0.717) is 19.4 Å². The molecule has 3 rings (SSSR count). The summed E-state index contributed by atoms with van der Waals surface area (Å²) < 4.78 is 36.7. The van der Waals surface area contributed by atoms with Crippen LogP contribution in [0.4, 0.5) is 13.6 Å². The van der Waals surface area contributed by atoms with Crippen molar-refractivity contribution >= 4 is 29.3 Å². The van der Waals surface area contributed by atoms with Gasteiger partial charge in [-0.3, -0.25) is 5.32 Å². The molecule has 4 N–H and O–H groups in total. The van der Waals surface area contributed by atoms with E-state index in [0.717, 1.165) is 6.07 Å². The molecule has 1 aliphatic rings. The van der Waals surface area contributed by atoms with Crippen molar-refractivity contribution in [1.29, 1.82) is 5.26 Å². The van der Waals surface area contributed by atoms with Crippen LogP contribution in [-0.4, -0.2) is 31.5 Å². The van der Waals surface area contributed by atoms with Crippen molar-refractivity contribution in [3.63, 3.8) is 0 Å². The quantitative estimate of drug-likeness (QED) is 0.397. The van der Waals surface area contributed by atoms with Crippen LogP contribution in [0.2, 0.25) is 10.0 Å². The van der Waals surface area contributed by atoms with Gasteiger partial charge in [-0.25, -0.2) is 13.6 Å². The summed E-state index contributed by atoms with van der Waals surface area (Å²) in [5.74, 6) is -2.62. The molecule has 1 amide bonds. The summed E-state index contributed by atoms with van der Waals surface area (Å²) in [6.07, 6.45) is -1.02. The van der Waals surface area contributed by atoms with Crippen molar-refractivity contribution in [3.8, 4) is 6.07 Å². The highest BCUT2D eigenvalue weighted by molar-refractivity contribution is 6.31. The highest BCUT2D eigenvalue weighted by atomic mass is 35.5. The van der Waals surface area contributed by atoms with Gasteiger partial charge in [0.25, 0.3) is 0 Å². The van der Waals surface area contributed by atoms with Crippen LogP contribution in [0.5, 0.6) is 0 Å². The molecule has 0 spiro atoms. The Bertz CT molecular complexity index is 1150. The monoisotopic (exact) mass is 538 g/mol. The summed E-state index contributed by atoms with van der Waals surface area (Å²) in [7, 11) is 0. The van der Waals surface area contributed by atoms with Crippen molar-refractivity contribution in [3.05, 3.63) is 69.2 Å². The average Bonchev–Trinajstić information content (AvgIpc) is 3.07. The van der Waals surface area contributed by atoms with Gasteiger partial charge in [0, 0.05) is 23.2 Å². The summed E-state index contributed by atoms with van der Waals surface area (Å²) in [4.78, 5) is 12.6. The van der Waals surface area contributed by atoms with E-state index in [1.165, 1.54) is 30.3 Å². The number of amides is 1. The summed E-state index contributed by atoms with van der Waals surface area (Å²) in [5, 5.41) is 16.5. The highest BCUT2D eigenvalue weighted by Gasteiger charge is 2.60. The lowest BCUT2D eigenvalue weighted by Crippen LogP contribution is -2.44. The lowest BCUT2D eigenvalue weighted by atomic mass is 9.63. The first-order valence-corrected chi connectivity index (χ1v) is 12.4. The molecule has 6 nitrogen and oxygen atoms in total. The second-order valence-electron chi connectivity index (χ2n) is 10.1. The minimum atomic E-state index is -1.67. The molecule has 194 valence electrons. The van der Waals surface area contributed by atoms with Gasteiger partial charge in [-0.2, -0.15) is 5.26 Å². The minimum absolute atomic E-state index is 0.0233. The largest absolute Gasteiger partial charge is 0.430 e. The third kappa shape index (κ3) is 5.76. The molecule has 4 atom stereocenters. The van der Waals surface area contributed by atoms with E-state index in [9.17, 15) is 10.1 Å². The number of benzene rings is 2. The summed E-state index contributed by atoms with van der Waals surface area (Å²) >= 11 is 12.1. The number of ether oxygens (including phenoxy) is 1. The molecule has 2 aromatic rings. The number of nitrogens with zero attached hydrogens (tertiary/aromatic N) is 1. The molecule has 10 heteroatoms. The van der Waals surface area contributed by atoms with Crippen LogP contribution in [0.25, 0.3) is 0 Å². The first-order chi connectivity index (χ1) is 16.9. The predicted octanol–water partition coefficient (Wildman–Crippen LogP) is 5.63. The van der Waals surface area contributed by atoms with Crippen LogP contribution >= 0.6 is 23.2 Å². The molecule has 1 saturated heterocycles. The SMILES string of the molecule is CC(C)(C)C[C@@H]1N[C@H](OC(=O)NCCCN)[C@H](c2cccc(Cl)c2F)[C@@]1(C#N)c1ccc(Cl)cc1F. The van der Waals surface area contributed by atoms with Gasteiger partial charge >= 0.3 is 6.09 Å². The number of alkyl carbamates (subject to hydrolysis) is 1. The molecule has 36 heavy (non-hydrogen) atoms. The summed E-state index contributed by atoms with van der Waals surface area (Å²) in [5.41, 5.74) is 3.55. The Kier molecular flexibility index (Phi) is 8.84. The van der Waals surface area contributed by atoms with Crippen LogP contribution in [0, 0.1) is 28.4 Å². The Hall–Kier alpha value is -2.44. The molecular weight excluding hydrogens is 509 g/mol. The fraction of sp³-hybridized carbons (Fsp3) is 0.462. The number of nitrogens with one attached hydrogen (secondary N) is 2.